The number of Topliss-reactive ketones (excluding diaryl/α,β-unsaturated/α-hetero) is 1. The lowest BCUT2D eigenvalue weighted by atomic mass is 9.72. The summed E-state index contributed by atoms with van der Waals surface area (Å²) in [7, 11) is 0. The monoisotopic (exact) mass is 641 g/mol. The van der Waals surface area contributed by atoms with E-state index in [1.165, 1.54) is 32.3 Å². The van der Waals surface area contributed by atoms with Gasteiger partial charge in [0.2, 0.25) is 0 Å². The molecule has 1 aromatic rings. The van der Waals surface area contributed by atoms with Crippen molar-refractivity contribution in [2.45, 2.75) is 98.2 Å². The van der Waals surface area contributed by atoms with Crippen LogP contribution in [-0.4, -0.2) is 70.6 Å². The smallest absolute Gasteiger partial charge is 0.340 e. The summed E-state index contributed by atoms with van der Waals surface area (Å²) in [5.41, 5.74) is -2.63. The Kier molecular flexibility index (Phi) is 11.3. The summed E-state index contributed by atoms with van der Waals surface area (Å²) in [5.74, 6) is -6.70. The van der Waals surface area contributed by atoms with E-state index >= 15 is 0 Å². The molecular weight excluding hydrogens is 598 g/mol. The Balaban J connectivity index is 2.30. The number of allylic oxidation sites excluding steroid dienone is 1. The van der Waals surface area contributed by atoms with Crippen LogP contribution in [0.15, 0.2) is 48.8 Å². The molecule has 1 aromatic heterocycles. The van der Waals surface area contributed by atoms with E-state index in [0.29, 0.717) is 0 Å². The zero-order valence-electron chi connectivity index (χ0n) is 27.6. The Morgan fingerprint density at radius 1 is 0.913 bits per heavy atom. The molecule has 0 radical (unpaired) electrons. The number of aromatic nitrogens is 1. The summed E-state index contributed by atoms with van der Waals surface area (Å²) in [6.45, 7) is 15.8. The Hall–Kier alpha value is -4.35. The summed E-state index contributed by atoms with van der Waals surface area (Å²) in [5, 5.41) is 0. The van der Waals surface area contributed by atoms with Crippen LogP contribution in [0.5, 0.6) is 0 Å². The van der Waals surface area contributed by atoms with E-state index < -0.39 is 88.8 Å². The number of carbonyl (C=O) groups is 6. The molecule has 1 saturated carbocycles. The van der Waals surface area contributed by atoms with Crippen LogP contribution in [0.2, 0.25) is 0 Å². The molecule has 1 heterocycles. The number of pyridine rings is 1. The van der Waals surface area contributed by atoms with E-state index in [0.717, 1.165) is 13.8 Å². The average Bonchev–Trinajstić information content (AvgIpc) is 3.21. The third-order valence-corrected chi connectivity index (χ3v) is 8.36. The molecule has 3 rings (SSSR count). The van der Waals surface area contributed by atoms with E-state index in [4.69, 9.17) is 23.7 Å². The molecule has 250 valence electrons. The Morgan fingerprint density at radius 2 is 1.54 bits per heavy atom. The number of hydrogen-bond donors (Lipinski definition) is 0. The molecule has 12 nitrogen and oxygen atoms in total. The van der Waals surface area contributed by atoms with Crippen LogP contribution in [0.4, 0.5) is 0 Å². The molecule has 1 fully saturated rings. The zero-order valence-corrected chi connectivity index (χ0v) is 27.6. The third kappa shape index (κ3) is 8.07. The molecule has 12 heteroatoms. The van der Waals surface area contributed by atoms with Gasteiger partial charge in [-0.3, -0.25) is 29.0 Å². The fraction of sp³-hybridized carbons (Fsp3) is 0.559. The molecule has 0 spiro atoms. The number of rotatable bonds is 6. The Morgan fingerprint density at radius 3 is 2.09 bits per heavy atom. The maximum absolute atomic E-state index is 14.5. The third-order valence-electron chi connectivity index (χ3n) is 8.36. The highest BCUT2D eigenvalue weighted by Gasteiger charge is 2.65. The van der Waals surface area contributed by atoms with Crippen molar-refractivity contribution in [3.05, 3.63) is 54.4 Å². The summed E-state index contributed by atoms with van der Waals surface area (Å²) >= 11 is 0. The summed E-state index contributed by atoms with van der Waals surface area (Å²) in [6, 6.07) is 3.10. The number of nitrogens with zero attached hydrogens (tertiary/aromatic N) is 1. The standard InChI is InChI=1S/C34H43NO11/c1-18-12-13-33(8,9)31(45-32(41)25-11-10-14-35-17-25)26(42-21(4)36)15-19(2)28(43-22(5)37)27-29(44-23(6)38)20(3)16-34(27,30(18)40)46-24(7)39/h10-14,17-18,20,26-29,31H,2,15-16H2,1,3-9H3/b13-12+/t18-,20-,26+,27-,28-,29-,31+,34+/m0/s1. The van der Waals surface area contributed by atoms with Crippen molar-refractivity contribution in [1.29, 1.82) is 0 Å². The molecule has 2 aliphatic carbocycles. The number of esters is 5. The lowest BCUT2D eigenvalue weighted by molar-refractivity contribution is -0.185. The molecule has 0 aliphatic heterocycles. The van der Waals surface area contributed by atoms with Crippen molar-refractivity contribution in [3.8, 4) is 0 Å². The van der Waals surface area contributed by atoms with Crippen LogP contribution >= 0.6 is 0 Å². The Bertz CT molecular complexity index is 1400. The molecule has 8 atom stereocenters. The van der Waals surface area contributed by atoms with Crippen LogP contribution < -0.4 is 0 Å². The molecule has 0 amide bonds. The highest BCUT2D eigenvalue weighted by molar-refractivity contribution is 5.93. The second-order valence-corrected chi connectivity index (χ2v) is 12.7. The predicted octanol–water partition coefficient (Wildman–Crippen LogP) is 4.11. The van der Waals surface area contributed by atoms with Gasteiger partial charge in [-0.05, 0) is 23.6 Å². The number of ketones is 1. The minimum Gasteiger partial charge on any atom is -0.462 e. The highest BCUT2D eigenvalue weighted by Crippen LogP contribution is 2.51. The SMILES string of the molecule is C=C1C[C@@H](OC(C)=O)[C@@H](OC(=O)c2cccnc2)C(C)(C)/C=C/[C@H](C)C(=O)[C@@]2(OC(C)=O)C[C@H](C)[C@H](OC(C)=O)[C@@H]2[C@H]1OC(C)=O. The molecule has 46 heavy (non-hydrogen) atoms. The van der Waals surface area contributed by atoms with Crippen molar-refractivity contribution in [2.24, 2.45) is 23.2 Å². The first-order chi connectivity index (χ1) is 21.4. The van der Waals surface area contributed by atoms with Gasteiger partial charge in [0.15, 0.2) is 11.4 Å². The summed E-state index contributed by atoms with van der Waals surface area (Å²) < 4.78 is 29.2. The average molecular weight is 642 g/mol. The number of carbonyl (C=O) groups excluding carboxylic acids is 6. The zero-order chi connectivity index (χ0) is 34.6. The van der Waals surface area contributed by atoms with E-state index in [1.54, 1.807) is 45.9 Å². The van der Waals surface area contributed by atoms with Gasteiger partial charge in [0.1, 0.15) is 24.4 Å². The van der Waals surface area contributed by atoms with E-state index in [-0.39, 0.29) is 24.0 Å². The first-order valence-corrected chi connectivity index (χ1v) is 15.1. The van der Waals surface area contributed by atoms with E-state index in [1.807, 2.05) is 0 Å². The van der Waals surface area contributed by atoms with Crippen molar-refractivity contribution >= 4 is 35.6 Å². The van der Waals surface area contributed by atoms with Gasteiger partial charge in [-0.2, -0.15) is 0 Å². The fourth-order valence-corrected chi connectivity index (χ4v) is 6.55. The maximum Gasteiger partial charge on any atom is 0.340 e. The first kappa shape index (κ1) is 36.1. The minimum atomic E-state index is -1.88. The van der Waals surface area contributed by atoms with E-state index in [9.17, 15) is 28.8 Å². The maximum atomic E-state index is 14.5. The number of ether oxygens (including phenoxy) is 5. The fourth-order valence-electron chi connectivity index (χ4n) is 6.55. The molecular formula is C34H43NO11. The Labute approximate surface area is 268 Å². The molecule has 0 aromatic carbocycles. The topological polar surface area (TPSA) is 161 Å². The molecule has 0 bridgehead atoms. The molecule has 2 aliphatic rings. The van der Waals surface area contributed by atoms with Crippen LogP contribution in [0.25, 0.3) is 0 Å². The van der Waals surface area contributed by atoms with Gasteiger partial charge in [-0.25, -0.2) is 4.79 Å². The molecule has 0 N–H and O–H groups in total. The normalized spacial score (nSPS) is 31.6. The summed E-state index contributed by atoms with van der Waals surface area (Å²) in [4.78, 5) is 81.8. The van der Waals surface area contributed by atoms with Gasteiger partial charge in [0, 0.05) is 64.3 Å². The van der Waals surface area contributed by atoms with Gasteiger partial charge in [0.05, 0.1) is 11.5 Å². The van der Waals surface area contributed by atoms with Crippen LogP contribution in [0.1, 0.15) is 78.6 Å². The molecule has 0 unspecified atom stereocenters. The van der Waals surface area contributed by atoms with Crippen LogP contribution in [0, 0.1) is 23.2 Å². The van der Waals surface area contributed by atoms with Crippen LogP contribution in [0.3, 0.4) is 0 Å². The van der Waals surface area contributed by atoms with Crippen molar-refractivity contribution < 1.29 is 52.5 Å². The number of hydrogen-bond acceptors (Lipinski definition) is 12. The van der Waals surface area contributed by atoms with Gasteiger partial charge < -0.3 is 23.7 Å². The van der Waals surface area contributed by atoms with Crippen molar-refractivity contribution in [2.75, 3.05) is 0 Å². The van der Waals surface area contributed by atoms with Gasteiger partial charge in [0.25, 0.3) is 0 Å². The van der Waals surface area contributed by atoms with Gasteiger partial charge >= 0.3 is 29.8 Å². The largest absolute Gasteiger partial charge is 0.462 e. The van der Waals surface area contributed by atoms with Crippen molar-refractivity contribution in [1.82, 2.24) is 4.98 Å². The highest BCUT2D eigenvalue weighted by atomic mass is 16.6. The second-order valence-electron chi connectivity index (χ2n) is 12.7. The van der Waals surface area contributed by atoms with Crippen molar-refractivity contribution in [3.63, 3.8) is 0 Å². The predicted molar refractivity (Wildman–Crippen MR) is 163 cm³/mol. The lowest BCUT2D eigenvalue weighted by Gasteiger charge is -2.42. The lowest BCUT2D eigenvalue weighted by Crippen LogP contribution is -2.56. The summed E-state index contributed by atoms with van der Waals surface area (Å²) in [6.07, 6.45) is 1.18. The quantitative estimate of drug-likeness (QED) is 0.249. The van der Waals surface area contributed by atoms with Gasteiger partial charge in [-0.1, -0.05) is 46.4 Å². The van der Waals surface area contributed by atoms with E-state index in [2.05, 4.69) is 11.6 Å². The van der Waals surface area contributed by atoms with Crippen LogP contribution in [-0.2, 0) is 47.7 Å². The molecule has 0 saturated heterocycles. The number of fused-ring (bicyclic) bond motifs is 1. The first-order valence-electron chi connectivity index (χ1n) is 15.1. The minimum absolute atomic E-state index is 0.0284. The van der Waals surface area contributed by atoms with Gasteiger partial charge in [-0.15, -0.1) is 0 Å². The second kappa shape index (κ2) is 14.4.